The lowest BCUT2D eigenvalue weighted by Crippen LogP contribution is -2.48. The van der Waals surface area contributed by atoms with E-state index in [1.54, 1.807) is 4.90 Å². The van der Waals surface area contributed by atoms with Crippen molar-refractivity contribution in [1.29, 1.82) is 0 Å². The van der Waals surface area contributed by atoms with E-state index in [-0.39, 0.29) is 5.91 Å². The van der Waals surface area contributed by atoms with E-state index in [2.05, 4.69) is 0 Å². The maximum Gasteiger partial charge on any atom is 0.312 e. The zero-order valence-electron chi connectivity index (χ0n) is 10.3. The Labute approximate surface area is 107 Å². The van der Waals surface area contributed by atoms with Gasteiger partial charge in [-0.25, -0.2) is 0 Å². The van der Waals surface area contributed by atoms with Gasteiger partial charge in [-0.3, -0.25) is 9.59 Å². The fourth-order valence-corrected chi connectivity index (χ4v) is 2.10. The van der Waals surface area contributed by atoms with E-state index in [0.29, 0.717) is 32.6 Å². The highest BCUT2D eigenvalue weighted by Gasteiger charge is 2.19. The van der Waals surface area contributed by atoms with Crippen LogP contribution in [0.15, 0.2) is 30.3 Å². The Morgan fingerprint density at radius 1 is 1.11 bits per heavy atom. The van der Waals surface area contributed by atoms with E-state index in [4.69, 9.17) is 0 Å². The smallest absolute Gasteiger partial charge is 0.312 e. The van der Waals surface area contributed by atoms with Crippen LogP contribution in [0.1, 0.15) is 12.0 Å². The average molecular weight is 245 g/mol. The van der Waals surface area contributed by atoms with Crippen molar-refractivity contribution in [1.82, 2.24) is 9.80 Å². The number of aryl methyl sites for hydroxylation is 1. The first-order valence-electron chi connectivity index (χ1n) is 6.24. The van der Waals surface area contributed by atoms with E-state index in [0.717, 1.165) is 6.42 Å². The molecule has 0 unspecified atom stereocenters. The molecule has 4 heteroatoms. The van der Waals surface area contributed by atoms with Crippen LogP contribution >= 0.6 is 0 Å². The molecule has 1 aromatic carbocycles. The third kappa shape index (κ3) is 3.32. The van der Waals surface area contributed by atoms with Crippen LogP contribution in [0.25, 0.3) is 0 Å². The van der Waals surface area contributed by atoms with Gasteiger partial charge in [0, 0.05) is 32.6 Å². The second-order valence-corrected chi connectivity index (χ2v) is 4.44. The van der Waals surface area contributed by atoms with Crippen molar-refractivity contribution in [2.75, 3.05) is 26.2 Å². The number of piperazine rings is 1. The molecule has 0 atom stereocenters. The van der Waals surface area contributed by atoms with E-state index in [9.17, 15) is 9.59 Å². The minimum atomic E-state index is 0.171. The fraction of sp³-hybridized carbons (Fsp3) is 0.429. The highest BCUT2D eigenvalue weighted by molar-refractivity contribution is 5.76. The first kappa shape index (κ1) is 12.6. The molecule has 2 amide bonds. The number of carbonyl (C=O) groups is 1. The number of hydrogen-bond donors (Lipinski definition) is 0. The maximum absolute atomic E-state index is 12.0. The van der Waals surface area contributed by atoms with Gasteiger partial charge in [0.05, 0.1) is 0 Å². The van der Waals surface area contributed by atoms with Crippen LogP contribution in [-0.4, -0.2) is 48.3 Å². The van der Waals surface area contributed by atoms with Crippen LogP contribution < -0.4 is 0 Å². The summed E-state index contributed by atoms with van der Waals surface area (Å²) in [6.07, 6.45) is 3.18. The summed E-state index contributed by atoms with van der Waals surface area (Å²) in [6, 6.07) is 10.0. The Bertz CT molecular complexity index is 398. The molecule has 1 heterocycles. The summed E-state index contributed by atoms with van der Waals surface area (Å²) in [7, 11) is 0. The fourth-order valence-electron chi connectivity index (χ4n) is 2.10. The summed E-state index contributed by atoms with van der Waals surface area (Å²) >= 11 is 0. The highest BCUT2D eigenvalue weighted by Crippen LogP contribution is 2.07. The summed E-state index contributed by atoms with van der Waals surface area (Å²) < 4.78 is 0. The van der Waals surface area contributed by atoms with Crippen molar-refractivity contribution >= 4 is 12.3 Å². The molecule has 0 N–H and O–H groups in total. The number of carbonyl (C=O) groups excluding carboxylic acids is 2. The van der Waals surface area contributed by atoms with Gasteiger partial charge >= 0.3 is 6.41 Å². The minimum absolute atomic E-state index is 0.171. The van der Waals surface area contributed by atoms with Crippen molar-refractivity contribution in [2.45, 2.75) is 12.8 Å². The minimum Gasteiger partial charge on any atom is -0.339 e. The Balaban J connectivity index is 1.77. The summed E-state index contributed by atoms with van der Waals surface area (Å²) in [6.45, 7) is 2.45. The first-order chi connectivity index (χ1) is 8.79. The molecule has 0 aromatic heterocycles. The van der Waals surface area contributed by atoms with Gasteiger partial charge < -0.3 is 9.80 Å². The highest BCUT2D eigenvalue weighted by atomic mass is 16.2. The topological polar surface area (TPSA) is 40.6 Å². The molecule has 0 bridgehead atoms. The third-order valence-electron chi connectivity index (χ3n) is 3.23. The van der Waals surface area contributed by atoms with E-state index in [1.807, 2.05) is 41.6 Å². The summed E-state index contributed by atoms with van der Waals surface area (Å²) in [5.41, 5.74) is 1.19. The molecule has 0 spiro atoms. The molecule has 1 aliphatic rings. The number of rotatable bonds is 4. The number of amides is 2. The molecule has 1 radical (unpaired) electrons. The molecule has 18 heavy (non-hydrogen) atoms. The molecule has 2 rings (SSSR count). The average Bonchev–Trinajstić information content (AvgIpc) is 2.46. The van der Waals surface area contributed by atoms with Gasteiger partial charge in [-0.1, -0.05) is 30.3 Å². The van der Waals surface area contributed by atoms with Crippen molar-refractivity contribution < 1.29 is 9.59 Å². The van der Waals surface area contributed by atoms with Crippen LogP contribution in [0.3, 0.4) is 0 Å². The van der Waals surface area contributed by atoms with E-state index in [1.165, 1.54) is 5.56 Å². The zero-order chi connectivity index (χ0) is 12.8. The summed E-state index contributed by atoms with van der Waals surface area (Å²) in [5, 5.41) is 0. The molecule has 4 nitrogen and oxygen atoms in total. The molecule has 0 aliphatic carbocycles. The van der Waals surface area contributed by atoms with Crippen LogP contribution in [0.4, 0.5) is 0 Å². The molecular weight excluding hydrogens is 228 g/mol. The normalized spacial score (nSPS) is 15.6. The first-order valence-corrected chi connectivity index (χ1v) is 6.24. The molecule has 1 aliphatic heterocycles. The van der Waals surface area contributed by atoms with Gasteiger partial charge in [-0.2, -0.15) is 0 Å². The molecule has 0 saturated carbocycles. The maximum atomic E-state index is 12.0. The zero-order valence-corrected chi connectivity index (χ0v) is 10.3. The molecule has 1 fully saturated rings. The summed E-state index contributed by atoms with van der Waals surface area (Å²) in [5.74, 6) is 0.171. The standard InChI is InChI=1S/C14H17N2O2/c17-12-15-8-10-16(11-9-15)14(18)7-6-13-4-2-1-3-5-13/h1-5H,6-11H2. The van der Waals surface area contributed by atoms with Crippen LogP contribution in [-0.2, 0) is 16.0 Å². The van der Waals surface area contributed by atoms with Crippen LogP contribution in [0, 0.1) is 0 Å². The van der Waals surface area contributed by atoms with Gasteiger partial charge in [0.1, 0.15) is 0 Å². The largest absolute Gasteiger partial charge is 0.339 e. The van der Waals surface area contributed by atoms with E-state index < -0.39 is 0 Å². The van der Waals surface area contributed by atoms with Crippen molar-refractivity contribution in [3.05, 3.63) is 35.9 Å². The Hall–Kier alpha value is -1.84. The Morgan fingerprint density at radius 2 is 1.78 bits per heavy atom. The molecule has 95 valence electrons. The van der Waals surface area contributed by atoms with Gasteiger partial charge in [-0.15, -0.1) is 0 Å². The van der Waals surface area contributed by atoms with Gasteiger partial charge in [-0.05, 0) is 12.0 Å². The summed E-state index contributed by atoms with van der Waals surface area (Å²) in [4.78, 5) is 25.8. The van der Waals surface area contributed by atoms with Gasteiger partial charge in [0.2, 0.25) is 5.91 Å². The van der Waals surface area contributed by atoms with Crippen LogP contribution in [0.2, 0.25) is 0 Å². The number of hydrogen-bond acceptors (Lipinski definition) is 2. The van der Waals surface area contributed by atoms with Crippen molar-refractivity contribution in [3.8, 4) is 0 Å². The molecule has 1 saturated heterocycles. The van der Waals surface area contributed by atoms with Crippen molar-refractivity contribution in [2.24, 2.45) is 0 Å². The monoisotopic (exact) mass is 245 g/mol. The van der Waals surface area contributed by atoms with Gasteiger partial charge in [0.15, 0.2) is 0 Å². The quantitative estimate of drug-likeness (QED) is 0.788. The predicted molar refractivity (Wildman–Crippen MR) is 68.6 cm³/mol. The predicted octanol–water partition coefficient (Wildman–Crippen LogP) is 0.831. The second kappa shape index (κ2) is 6.19. The Morgan fingerprint density at radius 3 is 2.39 bits per heavy atom. The second-order valence-electron chi connectivity index (χ2n) is 4.44. The lowest BCUT2D eigenvalue weighted by molar-refractivity contribution is -0.132. The Kier molecular flexibility index (Phi) is 4.34. The van der Waals surface area contributed by atoms with Crippen LogP contribution in [0.5, 0.6) is 0 Å². The molecular formula is C14H17N2O2. The molecule has 1 aromatic rings. The lowest BCUT2D eigenvalue weighted by atomic mass is 10.1. The third-order valence-corrected chi connectivity index (χ3v) is 3.23. The lowest BCUT2D eigenvalue weighted by Gasteiger charge is -2.32. The van der Waals surface area contributed by atoms with Gasteiger partial charge in [0.25, 0.3) is 0 Å². The van der Waals surface area contributed by atoms with Crippen molar-refractivity contribution in [3.63, 3.8) is 0 Å². The number of nitrogens with zero attached hydrogens (tertiary/aromatic N) is 2. The number of benzene rings is 1. The van der Waals surface area contributed by atoms with E-state index >= 15 is 0 Å². The SMILES string of the molecule is O=[C]N1CCN(C(=O)CCc2ccccc2)CC1.